The van der Waals surface area contributed by atoms with Crippen LogP contribution in [0.25, 0.3) is 10.9 Å². The molecule has 152 valence electrons. The molecule has 3 amide bonds. The van der Waals surface area contributed by atoms with E-state index in [9.17, 15) is 19.2 Å². The Kier molecular flexibility index (Phi) is 4.72. The number of hydrogen-bond acceptors (Lipinski definition) is 5. The molecule has 2 fully saturated rings. The molecule has 1 aliphatic carbocycles. The number of hydrogen-bond donors (Lipinski definition) is 2. The van der Waals surface area contributed by atoms with Crippen molar-refractivity contribution in [3.63, 3.8) is 0 Å². The second-order valence-electron chi connectivity index (χ2n) is 8.14. The summed E-state index contributed by atoms with van der Waals surface area (Å²) < 4.78 is 1.37. The average molecular weight is 396 g/mol. The highest BCUT2D eigenvalue weighted by atomic mass is 16.2. The first-order valence-electron chi connectivity index (χ1n) is 9.97. The number of piperidine rings is 1. The summed E-state index contributed by atoms with van der Waals surface area (Å²) in [4.78, 5) is 54.1. The van der Waals surface area contributed by atoms with Crippen molar-refractivity contribution >= 4 is 28.6 Å². The van der Waals surface area contributed by atoms with E-state index in [1.54, 1.807) is 13.0 Å². The van der Waals surface area contributed by atoms with Gasteiger partial charge in [0.1, 0.15) is 11.9 Å². The maximum Gasteiger partial charge on any atom is 0.262 e. The summed E-state index contributed by atoms with van der Waals surface area (Å²) in [6.45, 7) is 1.68. The van der Waals surface area contributed by atoms with Crippen LogP contribution in [0.4, 0.5) is 0 Å². The van der Waals surface area contributed by atoms with Crippen molar-refractivity contribution in [2.45, 2.75) is 57.9 Å². The highest BCUT2D eigenvalue weighted by Gasteiger charge is 2.40. The highest BCUT2D eigenvalue weighted by Crippen LogP contribution is 2.41. The van der Waals surface area contributed by atoms with Crippen molar-refractivity contribution in [3.05, 3.63) is 39.9 Å². The van der Waals surface area contributed by atoms with Gasteiger partial charge in [-0.25, -0.2) is 4.98 Å². The van der Waals surface area contributed by atoms with Crippen LogP contribution < -0.4 is 16.6 Å². The fourth-order valence-electron chi connectivity index (χ4n) is 4.79. The van der Waals surface area contributed by atoms with Gasteiger partial charge in [0.05, 0.1) is 16.3 Å². The van der Waals surface area contributed by atoms with Crippen molar-refractivity contribution in [3.8, 4) is 0 Å². The SMILES string of the molecule is Cc1nc2cccc(CC3(C(N)=O)CCCC3)c2c(=O)n1C1CCC(=O)NC1=O. The Balaban J connectivity index is 1.86. The van der Waals surface area contributed by atoms with E-state index in [1.807, 2.05) is 12.1 Å². The van der Waals surface area contributed by atoms with Crippen molar-refractivity contribution in [2.24, 2.45) is 11.1 Å². The van der Waals surface area contributed by atoms with Gasteiger partial charge in [0.15, 0.2) is 0 Å². The third-order valence-electron chi connectivity index (χ3n) is 6.33. The van der Waals surface area contributed by atoms with Crippen molar-refractivity contribution < 1.29 is 14.4 Å². The molecule has 2 heterocycles. The minimum absolute atomic E-state index is 0.173. The Hall–Kier alpha value is -3.03. The van der Waals surface area contributed by atoms with E-state index in [-0.39, 0.29) is 30.2 Å². The first kappa shape index (κ1) is 19.3. The molecule has 1 aromatic heterocycles. The molecule has 2 aliphatic rings. The standard InChI is InChI=1S/C21H24N4O4/c1-12-23-14-6-4-5-13(11-21(20(22)29)9-2-3-10-21)17(14)19(28)25(12)15-7-8-16(26)24-18(15)27/h4-6,15H,2-3,7-11H2,1H3,(H2,22,29)(H,24,26,27). The van der Waals surface area contributed by atoms with Gasteiger partial charge in [0.25, 0.3) is 5.56 Å². The minimum Gasteiger partial charge on any atom is -0.369 e. The quantitative estimate of drug-likeness (QED) is 0.753. The lowest BCUT2D eigenvalue weighted by Crippen LogP contribution is -2.45. The van der Waals surface area contributed by atoms with Crippen LogP contribution in [0, 0.1) is 12.3 Å². The maximum absolute atomic E-state index is 13.5. The molecule has 1 aliphatic heterocycles. The predicted molar refractivity (Wildman–Crippen MR) is 106 cm³/mol. The summed E-state index contributed by atoms with van der Waals surface area (Å²) in [5, 5.41) is 2.71. The molecule has 1 saturated carbocycles. The van der Waals surface area contributed by atoms with E-state index in [0.717, 1.165) is 18.4 Å². The molecule has 0 bridgehead atoms. The molecule has 0 spiro atoms. The second-order valence-corrected chi connectivity index (χ2v) is 8.14. The van der Waals surface area contributed by atoms with E-state index < -0.39 is 17.4 Å². The fourth-order valence-corrected chi connectivity index (χ4v) is 4.79. The van der Waals surface area contributed by atoms with E-state index >= 15 is 0 Å². The molecule has 3 N–H and O–H groups in total. The van der Waals surface area contributed by atoms with Gasteiger partial charge in [-0.05, 0) is 44.2 Å². The molecule has 1 aromatic carbocycles. The van der Waals surface area contributed by atoms with Crippen LogP contribution in [0.5, 0.6) is 0 Å². The third kappa shape index (κ3) is 3.22. The number of amides is 3. The summed E-state index contributed by atoms with van der Waals surface area (Å²) in [6.07, 6.45) is 4.10. The number of rotatable bonds is 4. The molecular formula is C21H24N4O4. The summed E-state index contributed by atoms with van der Waals surface area (Å²) in [6, 6.07) is 4.64. The van der Waals surface area contributed by atoms with E-state index in [2.05, 4.69) is 10.3 Å². The van der Waals surface area contributed by atoms with Gasteiger partial charge in [-0.15, -0.1) is 0 Å². The zero-order valence-corrected chi connectivity index (χ0v) is 16.4. The smallest absolute Gasteiger partial charge is 0.262 e. The van der Waals surface area contributed by atoms with Gasteiger partial charge in [-0.3, -0.25) is 29.1 Å². The topological polar surface area (TPSA) is 124 Å². The zero-order chi connectivity index (χ0) is 20.8. The highest BCUT2D eigenvalue weighted by molar-refractivity contribution is 5.99. The number of carbonyl (C=O) groups excluding carboxylic acids is 3. The van der Waals surface area contributed by atoms with Crippen LogP contribution in [-0.4, -0.2) is 27.3 Å². The number of fused-ring (bicyclic) bond motifs is 1. The number of imide groups is 1. The number of nitrogens with zero attached hydrogens (tertiary/aromatic N) is 2. The van der Waals surface area contributed by atoms with Gasteiger partial charge in [0, 0.05) is 6.42 Å². The van der Waals surface area contributed by atoms with Crippen LogP contribution in [-0.2, 0) is 20.8 Å². The number of nitrogens with one attached hydrogen (secondary N) is 1. The van der Waals surface area contributed by atoms with Crippen LogP contribution in [0.3, 0.4) is 0 Å². The molecule has 8 heteroatoms. The lowest BCUT2D eigenvalue weighted by atomic mass is 9.78. The molecule has 1 atom stereocenters. The molecule has 1 unspecified atom stereocenters. The first-order valence-corrected chi connectivity index (χ1v) is 9.97. The summed E-state index contributed by atoms with van der Waals surface area (Å²) in [7, 11) is 0. The average Bonchev–Trinajstić information content (AvgIpc) is 3.13. The Morgan fingerprint density at radius 2 is 2.00 bits per heavy atom. The molecule has 2 aromatic rings. The van der Waals surface area contributed by atoms with Crippen LogP contribution in [0.15, 0.2) is 23.0 Å². The van der Waals surface area contributed by atoms with Crippen LogP contribution in [0.2, 0.25) is 0 Å². The number of nitrogens with two attached hydrogens (primary N) is 1. The predicted octanol–water partition coefficient (Wildman–Crippen LogP) is 1.27. The number of carbonyl (C=O) groups is 3. The normalized spacial score (nSPS) is 21.3. The Morgan fingerprint density at radius 3 is 2.66 bits per heavy atom. The second kappa shape index (κ2) is 7.09. The Labute approximate surface area is 167 Å². The zero-order valence-electron chi connectivity index (χ0n) is 16.4. The third-order valence-corrected chi connectivity index (χ3v) is 6.33. The van der Waals surface area contributed by atoms with Gasteiger partial charge in [-0.1, -0.05) is 25.0 Å². The van der Waals surface area contributed by atoms with Crippen molar-refractivity contribution in [1.82, 2.24) is 14.9 Å². The van der Waals surface area contributed by atoms with E-state index in [0.29, 0.717) is 36.0 Å². The largest absolute Gasteiger partial charge is 0.369 e. The van der Waals surface area contributed by atoms with Crippen LogP contribution in [0.1, 0.15) is 56.0 Å². The summed E-state index contributed by atoms with van der Waals surface area (Å²) in [5.74, 6) is -0.747. The van der Waals surface area contributed by atoms with Gasteiger partial charge >= 0.3 is 0 Å². The lowest BCUT2D eigenvalue weighted by molar-refractivity contribution is -0.136. The van der Waals surface area contributed by atoms with E-state index in [1.165, 1.54) is 4.57 Å². The van der Waals surface area contributed by atoms with Gasteiger partial charge < -0.3 is 5.73 Å². The number of benzene rings is 1. The van der Waals surface area contributed by atoms with Gasteiger partial charge in [0.2, 0.25) is 17.7 Å². The maximum atomic E-state index is 13.5. The molecular weight excluding hydrogens is 372 g/mol. The molecule has 8 nitrogen and oxygen atoms in total. The van der Waals surface area contributed by atoms with Gasteiger partial charge in [-0.2, -0.15) is 0 Å². The molecule has 1 saturated heterocycles. The monoisotopic (exact) mass is 396 g/mol. The van der Waals surface area contributed by atoms with E-state index in [4.69, 9.17) is 5.73 Å². The molecule has 0 radical (unpaired) electrons. The molecule has 29 heavy (non-hydrogen) atoms. The fraction of sp³-hybridized carbons (Fsp3) is 0.476. The minimum atomic E-state index is -0.776. The lowest BCUT2D eigenvalue weighted by Gasteiger charge is -2.27. The van der Waals surface area contributed by atoms with Crippen molar-refractivity contribution in [1.29, 1.82) is 0 Å². The van der Waals surface area contributed by atoms with Crippen LogP contribution >= 0.6 is 0 Å². The first-order chi connectivity index (χ1) is 13.8. The number of primary amides is 1. The molecule has 4 rings (SSSR count). The Bertz CT molecular complexity index is 1080. The van der Waals surface area contributed by atoms with Crippen molar-refractivity contribution in [2.75, 3.05) is 0 Å². The summed E-state index contributed by atoms with van der Waals surface area (Å²) in [5.41, 5.74) is 6.03. The Morgan fingerprint density at radius 1 is 1.28 bits per heavy atom. The number of aryl methyl sites for hydroxylation is 1. The summed E-state index contributed by atoms with van der Waals surface area (Å²) >= 11 is 0. The number of aromatic nitrogens is 2.